The van der Waals surface area contributed by atoms with Crippen LogP contribution in [0, 0.1) is 5.92 Å². The van der Waals surface area contributed by atoms with Crippen molar-refractivity contribution in [2.75, 3.05) is 19.7 Å². The monoisotopic (exact) mass is 454 g/mol. The van der Waals surface area contributed by atoms with E-state index in [1.165, 1.54) is 0 Å². The first-order valence-corrected chi connectivity index (χ1v) is 11.9. The molecule has 1 aromatic heterocycles. The SMILES string of the molecule is CCCCCOc1ccc(C(=O)CCC(=O)N2CCC(C(=O)NCc3ccco3)CC2)cc1. The number of hydrogen-bond acceptors (Lipinski definition) is 5. The molecular weight excluding hydrogens is 420 g/mol. The maximum atomic E-state index is 12.6. The van der Waals surface area contributed by atoms with Gasteiger partial charge in [0, 0.05) is 37.4 Å². The number of hydrogen-bond donors (Lipinski definition) is 1. The molecule has 0 saturated carbocycles. The van der Waals surface area contributed by atoms with Gasteiger partial charge in [-0.05, 0) is 55.7 Å². The standard InChI is InChI=1S/C26H34N2O5/c1-2-3-4-17-32-22-9-7-20(8-10-22)24(29)11-12-25(30)28-15-13-21(14-16-28)26(31)27-19-23-6-5-18-33-23/h5-10,18,21H,2-4,11-17,19H2,1H3,(H,27,31). The number of carbonyl (C=O) groups excluding carboxylic acids is 3. The van der Waals surface area contributed by atoms with Crippen molar-refractivity contribution in [3.63, 3.8) is 0 Å². The number of piperidine rings is 1. The Morgan fingerprint density at radius 3 is 2.48 bits per heavy atom. The highest BCUT2D eigenvalue weighted by atomic mass is 16.5. The molecule has 2 aromatic rings. The van der Waals surface area contributed by atoms with Gasteiger partial charge in [0.2, 0.25) is 11.8 Å². The van der Waals surface area contributed by atoms with E-state index < -0.39 is 0 Å². The Balaban J connectivity index is 1.35. The zero-order valence-corrected chi connectivity index (χ0v) is 19.4. The third kappa shape index (κ3) is 7.77. The molecular formula is C26H34N2O5. The van der Waals surface area contributed by atoms with E-state index in [2.05, 4.69) is 12.2 Å². The molecule has 0 atom stereocenters. The van der Waals surface area contributed by atoms with E-state index in [4.69, 9.17) is 9.15 Å². The molecule has 7 nitrogen and oxygen atoms in total. The number of ether oxygens (including phenoxy) is 1. The van der Waals surface area contributed by atoms with E-state index in [-0.39, 0.29) is 36.4 Å². The van der Waals surface area contributed by atoms with Crippen LogP contribution in [0.4, 0.5) is 0 Å². The smallest absolute Gasteiger partial charge is 0.223 e. The lowest BCUT2D eigenvalue weighted by molar-refractivity contribution is -0.135. The van der Waals surface area contributed by atoms with Gasteiger partial charge < -0.3 is 19.4 Å². The molecule has 2 heterocycles. The zero-order valence-electron chi connectivity index (χ0n) is 19.4. The van der Waals surface area contributed by atoms with Crippen LogP contribution in [-0.2, 0) is 16.1 Å². The van der Waals surface area contributed by atoms with Crippen LogP contribution >= 0.6 is 0 Å². The fraction of sp³-hybridized carbons (Fsp3) is 0.500. The quantitative estimate of drug-likeness (QED) is 0.380. The number of nitrogens with zero attached hydrogens (tertiary/aromatic N) is 1. The third-order valence-corrected chi connectivity index (χ3v) is 5.99. The van der Waals surface area contributed by atoms with Crippen LogP contribution in [0.3, 0.4) is 0 Å². The largest absolute Gasteiger partial charge is 0.494 e. The summed E-state index contributed by atoms with van der Waals surface area (Å²) in [4.78, 5) is 39.1. The summed E-state index contributed by atoms with van der Waals surface area (Å²) in [6, 6.07) is 10.7. The summed E-state index contributed by atoms with van der Waals surface area (Å²) in [7, 11) is 0. The molecule has 0 bridgehead atoms. The van der Waals surface area contributed by atoms with Crippen LogP contribution < -0.4 is 10.1 Å². The molecule has 0 aliphatic carbocycles. The molecule has 178 valence electrons. The van der Waals surface area contributed by atoms with Crippen molar-refractivity contribution in [3.8, 4) is 5.75 Å². The summed E-state index contributed by atoms with van der Waals surface area (Å²) in [6.07, 6.45) is 6.51. The van der Waals surface area contributed by atoms with Crippen LogP contribution in [0.5, 0.6) is 5.75 Å². The summed E-state index contributed by atoms with van der Waals surface area (Å²) in [6.45, 7) is 4.28. The highest BCUT2D eigenvalue weighted by molar-refractivity contribution is 5.98. The average molecular weight is 455 g/mol. The number of nitrogens with one attached hydrogen (secondary N) is 1. The van der Waals surface area contributed by atoms with Gasteiger partial charge in [0.05, 0.1) is 19.4 Å². The van der Waals surface area contributed by atoms with Gasteiger partial charge in [-0.3, -0.25) is 14.4 Å². The fourth-order valence-corrected chi connectivity index (χ4v) is 3.92. The number of rotatable bonds is 12. The fourth-order valence-electron chi connectivity index (χ4n) is 3.92. The molecule has 1 saturated heterocycles. The summed E-state index contributed by atoms with van der Waals surface area (Å²) >= 11 is 0. The number of unbranched alkanes of at least 4 members (excludes halogenated alkanes) is 2. The lowest BCUT2D eigenvalue weighted by Gasteiger charge is -2.31. The highest BCUT2D eigenvalue weighted by Crippen LogP contribution is 2.20. The number of furan rings is 1. The van der Waals surface area contributed by atoms with Gasteiger partial charge in [0.15, 0.2) is 5.78 Å². The van der Waals surface area contributed by atoms with Gasteiger partial charge in [0.1, 0.15) is 11.5 Å². The minimum atomic E-state index is -0.103. The minimum Gasteiger partial charge on any atom is -0.494 e. The Bertz CT molecular complexity index is 884. The molecule has 0 radical (unpaired) electrons. The molecule has 0 unspecified atom stereocenters. The van der Waals surface area contributed by atoms with Crippen molar-refractivity contribution >= 4 is 17.6 Å². The Labute approximate surface area is 195 Å². The summed E-state index contributed by atoms with van der Waals surface area (Å²) in [5.41, 5.74) is 0.593. The predicted octanol–water partition coefficient (Wildman–Crippen LogP) is 4.37. The van der Waals surface area contributed by atoms with E-state index in [0.717, 1.165) is 30.8 Å². The zero-order chi connectivity index (χ0) is 23.5. The number of benzene rings is 1. The molecule has 33 heavy (non-hydrogen) atoms. The second-order valence-electron chi connectivity index (χ2n) is 8.46. The highest BCUT2D eigenvalue weighted by Gasteiger charge is 2.27. The van der Waals surface area contributed by atoms with Crippen molar-refractivity contribution in [1.29, 1.82) is 0 Å². The topological polar surface area (TPSA) is 88.9 Å². The normalized spacial score (nSPS) is 14.2. The number of ketones is 1. The second-order valence-corrected chi connectivity index (χ2v) is 8.46. The lowest BCUT2D eigenvalue weighted by Crippen LogP contribution is -2.43. The molecule has 7 heteroatoms. The van der Waals surface area contributed by atoms with E-state index >= 15 is 0 Å². The Hall–Kier alpha value is -3.09. The second kappa shape index (κ2) is 12.8. The van der Waals surface area contributed by atoms with E-state index in [0.29, 0.717) is 44.6 Å². The maximum Gasteiger partial charge on any atom is 0.223 e. The first-order valence-electron chi connectivity index (χ1n) is 11.9. The Morgan fingerprint density at radius 1 is 1.06 bits per heavy atom. The summed E-state index contributed by atoms with van der Waals surface area (Å²) in [5.74, 6) is 1.28. The van der Waals surface area contributed by atoms with Crippen LogP contribution in [0.25, 0.3) is 0 Å². The van der Waals surface area contributed by atoms with Crippen LogP contribution in [0.15, 0.2) is 47.1 Å². The number of amides is 2. The average Bonchev–Trinajstić information content (AvgIpc) is 3.38. The minimum absolute atomic E-state index is 0.00790. The van der Waals surface area contributed by atoms with Crippen LogP contribution in [-0.4, -0.2) is 42.2 Å². The van der Waals surface area contributed by atoms with Crippen molar-refractivity contribution in [2.45, 2.75) is 58.4 Å². The van der Waals surface area contributed by atoms with Crippen molar-refractivity contribution in [3.05, 3.63) is 54.0 Å². The van der Waals surface area contributed by atoms with E-state index in [1.54, 1.807) is 29.4 Å². The van der Waals surface area contributed by atoms with Gasteiger partial charge >= 0.3 is 0 Å². The Morgan fingerprint density at radius 2 is 1.82 bits per heavy atom. The number of carbonyl (C=O) groups is 3. The van der Waals surface area contributed by atoms with Crippen molar-refractivity contribution in [2.24, 2.45) is 5.92 Å². The van der Waals surface area contributed by atoms with Crippen LogP contribution in [0.1, 0.15) is 68.0 Å². The van der Waals surface area contributed by atoms with Crippen molar-refractivity contribution < 1.29 is 23.5 Å². The number of Topliss-reactive ketones (excluding diaryl/α,β-unsaturated/α-hetero) is 1. The molecule has 1 aromatic carbocycles. The Kier molecular flexibility index (Phi) is 9.54. The van der Waals surface area contributed by atoms with Gasteiger partial charge in [0.25, 0.3) is 0 Å². The molecule has 1 aliphatic heterocycles. The van der Waals surface area contributed by atoms with Gasteiger partial charge in [-0.15, -0.1) is 0 Å². The molecule has 3 rings (SSSR count). The van der Waals surface area contributed by atoms with E-state index in [1.807, 2.05) is 18.2 Å². The van der Waals surface area contributed by atoms with E-state index in [9.17, 15) is 14.4 Å². The lowest BCUT2D eigenvalue weighted by atomic mass is 9.95. The molecule has 1 fully saturated rings. The predicted molar refractivity (Wildman–Crippen MR) is 125 cm³/mol. The first-order chi connectivity index (χ1) is 16.1. The third-order valence-electron chi connectivity index (χ3n) is 5.99. The maximum absolute atomic E-state index is 12.6. The summed E-state index contributed by atoms with van der Waals surface area (Å²) in [5, 5.41) is 2.89. The molecule has 2 amide bonds. The summed E-state index contributed by atoms with van der Waals surface area (Å²) < 4.78 is 10.9. The van der Waals surface area contributed by atoms with Crippen LogP contribution in [0.2, 0.25) is 0 Å². The molecule has 1 aliphatic rings. The van der Waals surface area contributed by atoms with Gasteiger partial charge in [-0.25, -0.2) is 0 Å². The van der Waals surface area contributed by atoms with Gasteiger partial charge in [-0.1, -0.05) is 19.8 Å². The first kappa shape index (κ1) is 24.6. The van der Waals surface area contributed by atoms with Gasteiger partial charge in [-0.2, -0.15) is 0 Å². The molecule has 1 N–H and O–H groups in total. The molecule has 0 spiro atoms. The van der Waals surface area contributed by atoms with Crippen molar-refractivity contribution in [1.82, 2.24) is 10.2 Å². The number of likely N-dealkylation sites (tertiary alicyclic amines) is 1.